The van der Waals surface area contributed by atoms with Gasteiger partial charge in [0.25, 0.3) is 0 Å². The SMILES string of the molecule is CC(C)(C)OC(=O)N1CC(N=C(N)Nc2cccc3c2CCCC3)C1. The summed E-state index contributed by atoms with van der Waals surface area (Å²) in [4.78, 5) is 18.1. The summed E-state index contributed by atoms with van der Waals surface area (Å²) in [6.45, 7) is 6.68. The number of benzene rings is 1. The third kappa shape index (κ3) is 4.44. The number of fused-ring (bicyclic) bond motifs is 1. The first-order chi connectivity index (χ1) is 11.8. The molecule has 1 fully saturated rings. The topological polar surface area (TPSA) is 80.0 Å². The van der Waals surface area contributed by atoms with Crippen molar-refractivity contribution in [3.05, 3.63) is 29.3 Å². The van der Waals surface area contributed by atoms with E-state index >= 15 is 0 Å². The highest BCUT2D eigenvalue weighted by molar-refractivity contribution is 5.93. The van der Waals surface area contributed by atoms with E-state index in [-0.39, 0.29) is 12.1 Å². The van der Waals surface area contributed by atoms with Gasteiger partial charge in [0.2, 0.25) is 0 Å². The predicted octanol–water partition coefficient (Wildman–Crippen LogP) is 2.91. The lowest BCUT2D eigenvalue weighted by Crippen LogP contribution is -2.54. The summed E-state index contributed by atoms with van der Waals surface area (Å²) in [5, 5.41) is 3.24. The Labute approximate surface area is 149 Å². The molecule has 3 N–H and O–H groups in total. The molecule has 0 spiro atoms. The maximum Gasteiger partial charge on any atom is 0.410 e. The molecule has 6 nitrogen and oxygen atoms in total. The molecule has 1 aliphatic heterocycles. The minimum atomic E-state index is -0.474. The number of anilines is 1. The number of amides is 1. The molecule has 6 heteroatoms. The van der Waals surface area contributed by atoms with Crippen molar-refractivity contribution in [1.29, 1.82) is 0 Å². The van der Waals surface area contributed by atoms with Gasteiger partial charge in [0.15, 0.2) is 5.96 Å². The van der Waals surface area contributed by atoms with Crippen molar-refractivity contribution in [1.82, 2.24) is 4.90 Å². The normalized spacial score (nSPS) is 18.4. The number of carbonyl (C=O) groups is 1. The van der Waals surface area contributed by atoms with Gasteiger partial charge in [-0.05, 0) is 63.6 Å². The Kier molecular flexibility index (Phi) is 4.88. The fourth-order valence-electron chi connectivity index (χ4n) is 3.28. The Morgan fingerprint density at radius 2 is 2.00 bits per heavy atom. The van der Waals surface area contributed by atoms with Crippen molar-refractivity contribution in [3.8, 4) is 0 Å². The molecule has 3 rings (SSSR count). The first-order valence-electron chi connectivity index (χ1n) is 9.01. The molecule has 1 aromatic carbocycles. The first-order valence-corrected chi connectivity index (χ1v) is 9.01. The zero-order valence-corrected chi connectivity index (χ0v) is 15.3. The summed E-state index contributed by atoms with van der Waals surface area (Å²) in [5.74, 6) is 0.410. The van der Waals surface area contributed by atoms with E-state index < -0.39 is 5.60 Å². The standard InChI is InChI=1S/C19H28N4O2/c1-19(2,3)25-18(24)23-11-14(12-23)21-17(20)22-16-10-6-8-13-7-4-5-9-15(13)16/h6,8,10,14H,4-5,7,9,11-12H2,1-3H3,(H3,20,21,22). The van der Waals surface area contributed by atoms with E-state index in [9.17, 15) is 4.79 Å². The van der Waals surface area contributed by atoms with Crippen molar-refractivity contribution in [3.63, 3.8) is 0 Å². The lowest BCUT2D eigenvalue weighted by atomic mass is 9.90. The summed E-state index contributed by atoms with van der Waals surface area (Å²) in [7, 11) is 0. The second-order valence-corrected chi connectivity index (χ2v) is 7.83. The van der Waals surface area contributed by atoms with Gasteiger partial charge in [-0.15, -0.1) is 0 Å². The molecule has 2 aliphatic rings. The molecule has 0 radical (unpaired) electrons. The van der Waals surface area contributed by atoms with E-state index in [0.717, 1.165) is 18.5 Å². The average molecular weight is 344 g/mol. The van der Waals surface area contributed by atoms with Crippen molar-refractivity contribution in [2.45, 2.75) is 58.1 Å². The maximum absolute atomic E-state index is 11.9. The zero-order valence-electron chi connectivity index (χ0n) is 15.3. The van der Waals surface area contributed by atoms with Crippen molar-refractivity contribution < 1.29 is 9.53 Å². The molecule has 1 aliphatic carbocycles. The Morgan fingerprint density at radius 3 is 2.72 bits per heavy atom. The molecular weight excluding hydrogens is 316 g/mol. The Morgan fingerprint density at radius 1 is 1.28 bits per heavy atom. The van der Waals surface area contributed by atoms with Gasteiger partial charge < -0.3 is 20.7 Å². The van der Waals surface area contributed by atoms with E-state index in [1.54, 1.807) is 4.90 Å². The third-order valence-electron chi connectivity index (χ3n) is 4.49. The van der Waals surface area contributed by atoms with Gasteiger partial charge in [-0.2, -0.15) is 0 Å². The quantitative estimate of drug-likeness (QED) is 0.638. The van der Waals surface area contributed by atoms with Crippen LogP contribution in [0, 0.1) is 0 Å². The number of aliphatic imine (C=N–C) groups is 1. The molecule has 1 aromatic rings. The fraction of sp³-hybridized carbons (Fsp3) is 0.579. The third-order valence-corrected chi connectivity index (χ3v) is 4.49. The number of rotatable bonds is 2. The van der Waals surface area contributed by atoms with E-state index in [1.807, 2.05) is 20.8 Å². The Bertz CT molecular complexity index is 672. The van der Waals surface area contributed by atoms with Crippen LogP contribution in [0.25, 0.3) is 0 Å². The van der Waals surface area contributed by atoms with Crippen LogP contribution in [0.15, 0.2) is 23.2 Å². The summed E-state index contributed by atoms with van der Waals surface area (Å²) in [6.07, 6.45) is 4.40. The number of carbonyl (C=O) groups excluding carboxylic acids is 1. The fourth-order valence-corrected chi connectivity index (χ4v) is 3.28. The Hall–Kier alpha value is -2.24. The molecule has 1 saturated heterocycles. The Balaban J connectivity index is 1.55. The molecule has 0 saturated carbocycles. The monoisotopic (exact) mass is 344 g/mol. The second kappa shape index (κ2) is 6.94. The molecule has 25 heavy (non-hydrogen) atoms. The molecular formula is C19H28N4O2. The molecule has 0 unspecified atom stereocenters. The number of guanidine groups is 1. The van der Waals surface area contributed by atoms with E-state index in [4.69, 9.17) is 10.5 Å². The van der Waals surface area contributed by atoms with Gasteiger partial charge in [0, 0.05) is 18.8 Å². The second-order valence-electron chi connectivity index (χ2n) is 7.83. The highest BCUT2D eigenvalue weighted by Crippen LogP contribution is 2.27. The number of hydrogen-bond donors (Lipinski definition) is 2. The highest BCUT2D eigenvalue weighted by Gasteiger charge is 2.33. The molecule has 0 aromatic heterocycles. The van der Waals surface area contributed by atoms with E-state index in [2.05, 4.69) is 28.5 Å². The number of nitrogens with one attached hydrogen (secondary N) is 1. The number of nitrogens with two attached hydrogens (primary N) is 1. The smallest absolute Gasteiger partial charge is 0.410 e. The zero-order chi connectivity index (χ0) is 18.0. The van der Waals surface area contributed by atoms with E-state index in [1.165, 1.54) is 24.0 Å². The van der Waals surface area contributed by atoms with Gasteiger partial charge in [-0.1, -0.05) is 12.1 Å². The predicted molar refractivity (Wildman–Crippen MR) is 99.9 cm³/mol. The van der Waals surface area contributed by atoms with Gasteiger partial charge in [0.05, 0.1) is 6.04 Å². The highest BCUT2D eigenvalue weighted by atomic mass is 16.6. The van der Waals surface area contributed by atoms with Crippen LogP contribution >= 0.6 is 0 Å². The van der Waals surface area contributed by atoms with Crippen molar-refractivity contribution in [2.24, 2.45) is 10.7 Å². The maximum atomic E-state index is 11.9. The lowest BCUT2D eigenvalue weighted by Gasteiger charge is -2.37. The largest absolute Gasteiger partial charge is 0.444 e. The van der Waals surface area contributed by atoms with Crippen LogP contribution in [0.2, 0.25) is 0 Å². The summed E-state index contributed by atoms with van der Waals surface area (Å²) in [6, 6.07) is 6.34. The first kappa shape index (κ1) is 17.6. The number of aryl methyl sites for hydroxylation is 1. The molecule has 0 bridgehead atoms. The summed E-state index contributed by atoms with van der Waals surface area (Å²) >= 11 is 0. The molecule has 1 heterocycles. The van der Waals surface area contributed by atoms with Gasteiger partial charge in [-0.3, -0.25) is 0 Å². The van der Waals surface area contributed by atoms with Crippen LogP contribution < -0.4 is 11.1 Å². The van der Waals surface area contributed by atoms with E-state index in [0.29, 0.717) is 19.0 Å². The number of nitrogens with zero attached hydrogens (tertiary/aromatic N) is 2. The molecule has 136 valence electrons. The van der Waals surface area contributed by atoms with Crippen LogP contribution in [0.5, 0.6) is 0 Å². The van der Waals surface area contributed by atoms with Crippen LogP contribution in [0.4, 0.5) is 10.5 Å². The van der Waals surface area contributed by atoms with Crippen LogP contribution in [-0.4, -0.2) is 41.7 Å². The van der Waals surface area contributed by atoms with Crippen molar-refractivity contribution in [2.75, 3.05) is 18.4 Å². The van der Waals surface area contributed by atoms with Crippen LogP contribution in [-0.2, 0) is 17.6 Å². The van der Waals surface area contributed by atoms with Gasteiger partial charge >= 0.3 is 6.09 Å². The molecule has 0 atom stereocenters. The van der Waals surface area contributed by atoms with Gasteiger partial charge in [-0.25, -0.2) is 9.79 Å². The summed E-state index contributed by atoms with van der Waals surface area (Å²) < 4.78 is 5.34. The van der Waals surface area contributed by atoms with Crippen molar-refractivity contribution >= 4 is 17.7 Å². The summed E-state index contributed by atoms with van der Waals surface area (Å²) in [5.41, 5.74) is 9.42. The number of hydrogen-bond acceptors (Lipinski definition) is 3. The van der Waals surface area contributed by atoms with Crippen LogP contribution in [0.1, 0.15) is 44.7 Å². The minimum absolute atomic E-state index is 0.0274. The number of likely N-dealkylation sites (tertiary alicyclic amines) is 1. The minimum Gasteiger partial charge on any atom is -0.444 e. The van der Waals surface area contributed by atoms with Crippen LogP contribution in [0.3, 0.4) is 0 Å². The average Bonchev–Trinajstić information content (AvgIpc) is 2.49. The molecule has 1 amide bonds. The van der Waals surface area contributed by atoms with Gasteiger partial charge in [0.1, 0.15) is 5.60 Å². The number of ether oxygens (including phenoxy) is 1. The lowest BCUT2D eigenvalue weighted by molar-refractivity contribution is 0.00905.